The Morgan fingerprint density at radius 2 is 1.96 bits per heavy atom. The Labute approximate surface area is 161 Å². The highest BCUT2D eigenvalue weighted by Gasteiger charge is 2.25. The predicted octanol–water partition coefficient (Wildman–Crippen LogP) is 1.68. The summed E-state index contributed by atoms with van der Waals surface area (Å²) in [4.78, 5) is 12.6. The summed E-state index contributed by atoms with van der Waals surface area (Å²) in [7, 11) is -3.59. The number of anilines is 1. The fourth-order valence-corrected chi connectivity index (χ4v) is 4.34. The fraction of sp³-hybridized carbons (Fsp3) is 0.588. The van der Waals surface area contributed by atoms with E-state index < -0.39 is 16.1 Å². The quantitative estimate of drug-likeness (QED) is 0.751. The first kappa shape index (κ1) is 22.9. The lowest BCUT2D eigenvalue weighted by Crippen LogP contribution is -2.45. The maximum absolute atomic E-state index is 12.8. The third-order valence-corrected chi connectivity index (χ3v) is 6.49. The van der Waals surface area contributed by atoms with Gasteiger partial charge in [0.05, 0.1) is 11.5 Å². The number of nitrogens with zero attached hydrogens (tertiary/aromatic N) is 1. The van der Waals surface area contributed by atoms with Crippen LogP contribution in [0.4, 0.5) is 5.69 Å². The summed E-state index contributed by atoms with van der Waals surface area (Å²) in [6.07, 6.45) is -0.573. The number of rotatable bonds is 6. The number of benzene rings is 1. The second-order valence-electron chi connectivity index (χ2n) is 6.05. The number of hydrogen-bond acceptors (Lipinski definition) is 5. The third kappa shape index (κ3) is 4.95. The van der Waals surface area contributed by atoms with E-state index in [1.165, 1.54) is 10.4 Å². The second kappa shape index (κ2) is 9.66. The summed E-state index contributed by atoms with van der Waals surface area (Å²) in [5.41, 5.74) is 2.16. The van der Waals surface area contributed by atoms with Crippen molar-refractivity contribution < 1.29 is 17.9 Å². The van der Waals surface area contributed by atoms with E-state index in [9.17, 15) is 13.2 Å². The van der Waals surface area contributed by atoms with E-state index >= 15 is 0 Å². The Morgan fingerprint density at radius 3 is 2.50 bits per heavy atom. The van der Waals surface area contributed by atoms with Gasteiger partial charge in [-0.3, -0.25) is 4.79 Å². The van der Waals surface area contributed by atoms with E-state index in [1.54, 1.807) is 19.9 Å². The minimum atomic E-state index is -3.59. The summed E-state index contributed by atoms with van der Waals surface area (Å²) in [6.45, 7) is 9.75. The van der Waals surface area contributed by atoms with Crippen LogP contribution in [0.5, 0.6) is 0 Å². The van der Waals surface area contributed by atoms with Gasteiger partial charge in [0, 0.05) is 31.9 Å². The van der Waals surface area contributed by atoms with Crippen LogP contribution >= 0.6 is 12.4 Å². The molecule has 0 aromatic heterocycles. The summed E-state index contributed by atoms with van der Waals surface area (Å²) in [5.74, 6) is -0.271. The van der Waals surface area contributed by atoms with E-state index in [0.29, 0.717) is 31.9 Å². The van der Waals surface area contributed by atoms with Crippen LogP contribution in [0, 0.1) is 13.8 Å². The molecule has 1 atom stereocenters. The molecule has 0 radical (unpaired) electrons. The van der Waals surface area contributed by atoms with Gasteiger partial charge in [0.15, 0.2) is 0 Å². The van der Waals surface area contributed by atoms with Gasteiger partial charge in [-0.25, -0.2) is 8.42 Å². The van der Waals surface area contributed by atoms with E-state index in [1.807, 2.05) is 13.8 Å². The Balaban J connectivity index is 0.00000338. The average Bonchev–Trinajstić information content (AvgIpc) is 2.60. The minimum Gasteiger partial charge on any atom is -0.366 e. The maximum Gasteiger partial charge on any atom is 0.254 e. The maximum atomic E-state index is 12.8. The number of aryl methyl sites for hydroxylation is 1. The molecule has 9 heteroatoms. The van der Waals surface area contributed by atoms with Gasteiger partial charge in [-0.05, 0) is 37.1 Å². The van der Waals surface area contributed by atoms with Gasteiger partial charge in [0.2, 0.25) is 10.0 Å². The van der Waals surface area contributed by atoms with Crippen molar-refractivity contribution in [1.82, 2.24) is 9.62 Å². The fourth-order valence-electron chi connectivity index (χ4n) is 2.76. The zero-order valence-electron chi connectivity index (χ0n) is 15.7. The van der Waals surface area contributed by atoms with Crippen molar-refractivity contribution in [2.45, 2.75) is 38.7 Å². The lowest BCUT2D eigenvalue weighted by molar-refractivity contribution is -0.128. The van der Waals surface area contributed by atoms with Gasteiger partial charge in [-0.15, -0.1) is 12.4 Å². The molecule has 0 aliphatic carbocycles. The molecule has 0 bridgehead atoms. The summed E-state index contributed by atoms with van der Waals surface area (Å²) >= 11 is 0. The largest absolute Gasteiger partial charge is 0.366 e. The van der Waals surface area contributed by atoms with Crippen molar-refractivity contribution in [3.8, 4) is 0 Å². The van der Waals surface area contributed by atoms with Crippen LogP contribution in [0.1, 0.15) is 25.0 Å². The van der Waals surface area contributed by atoms with Crippen LogP contribution < -0.4 is 10.6 Å². The number of hydrogen-bond donors (Lipinski definition) is 2. The van der Waals surface area contributed by atoms with E-state index in [0.717, 1.165) is 17.7 Å². The molecule has 1 aliphatic rings. The lowest BCUT2D eigenvalue weighted by Gasteiger charge is -2.24. The molecule has 7 nitrogen and oxygen atoms in total. The molecular formula is C17H28ClN3O4S. The zero-order chi connectivity index (χ0) is 18.6. The number of carbonyl (C=O) groups excluding carboxylic acids is 1. The topological polar surface area (TPSA) is 87.7 Å². The van der Waals surface area contributed by atoms with Crippen LogP contribution in [-0.2, 0) is 19.6 Å². The van der Waals surface area contributed by atoms with Crippen LogP contribution in [0.3, 0.4) is 0 Å². The van der Waals surface area contributed by atoms with Gasteiger partial charge < -0.3 is 15.4 Å². The SMILES string of the molecule is CCN(CC)S(=O)(=O)c1cc(C)c(C)c(NC(=O)[C@H]2CNCCO2)c1.Cl. The Bertz CT molecular complexity index is 730. The molecule has 0 spiro atoms. The van der Waals surface area contributed by atoms with Crippen LogP contribution in [0.15, 0.2) is 17.0 Å². The van der Waals surface area contributed by atoms with Crippen molar-refractivity contribution >= 4 is 34.0 Å². The molecule has 1 fully saturated rings. The molecule has 0 saturated carbocycles. The van der Waals surface area contributed by atoms with Crippen LogP contribution in [0.25, 0.3) is 0 Å². The highest BCUT2D eigenvalue weighted by atomic mass is 35.5. The van der Waals surface area contributed by atoms with E-state index in [-0.39, 0.29) is 23.2 Å². The number of sulfonamides is 1. The highest BCUT2D eigenvalue weighted by Crippen LogP contribution is 2.26. The number of morpholine rings is 1. The normalized spacial score (nSPS) is 17.7. The molecule has 1 aromatic rings. The van der Waals surface area contributed by atoms with Gasteiger partial charge in [0.25, 0.3) is 5.91 Å². The van der Waals surface area contributed by atoms with Gasteiger partial charge in [-0.2, -0.15) is 4.31 Å². The van der Waals surface area contributed by atoms with Gasteiger partial charge in [0.1, 0.15) is 6.10 Å². The van der Waals surface area contributed by atoms with Crippen molar-refractivity contribution in [3.63, 3.8) is 0 Å². The predicted molar refractivity (Wildman–Crippen MR) is 105 cm³/mol. The first-order chi connectivity index (χ1) is 11.8. The number of nitrogens with one attached hydrogen (secondary N) is 2. The molecule has 1 saturated heterocycles. The molecule has 26 heavy (non-hydrogen) atoms. The zero-order valence-corrected chi connectivity index (χ0v) is 17.3. The molecule has 1 aliphatic heterocycles. The highest BCUT2D eigenvalue weighted by molar-refractivity contribution is 7.89. The summed E-state index contributed by atoms with van der Waals surface area (Å²) in [6, 6.07) is 3.18. The number of amides is 1. The monoisotopic (exact) mass is 405 g/mol. The first-order valence-electron chi connectivity index (χ1n) is 8.55. The van der Waals surface area contributed by atoms with Crippen molar-refractivity contribution in [2.24, 2.45) is 0 Å². The average molecular weight is 406 g/mol. The minimum absolute atomic E-state index is 0. The summed E-state index contributed by atoms with van der Waals surface area (Å²) in [5, 5.41) is 5.93. The molecule has 148 valence electrons. The third-order valence-electron chi connectivity index (χ3n) is 4.46. The molecule has 2 N–H and O–H groups in total. The Kier molecular flexibility index (Phi) is 8.49. The first-order valence-corrected chi connectivity index (χ1v) is 9.99. The number of ether oxygens (including phenoxy) is 1. The van der Waals surface area contributed by atoms with E-state index in [2.05, 4.69) is 10.6 Å². The molecule has 0 unspecified atom stereocenters. The Morgan fingerprint density at radius 1 is 1.31 bits per heavy atom. The lowest BCUT2D eigenvalue weighted by atomic mass is 10.1. The van der Waals surface area contributed by atoms with Crippen molar-refractivity contribution in [3.05, 3.63) is 23.3 Å². The van der Waals surface area contributed by atoms with Crippen molar-refractivity contribution in [2.75, 3.05) is 38.1 Å². The number of carbonyl (C=O) groups is 1. The second-order valence-corrected chi connectivity index (χ2v) is 7.99. The van der Waals surface area contributed by atoms with E-state index in [4.69, 9.17) is 4.74 Å². The summed E-state index contributed by atoms with van der Waals surface area (Å²) < 4.78 is 32.4. The molecule has 1 heterocycles. The molecular weight excluding hydrogens is 378 g/mol. The Hall–Kier alpha value is -1.19. The van der Waals surface area contributed by atoms with Gasteiger partial charge in [-0.1, -0.05) is 13.8 Å². The number of halogens is 1. The van der Waals surface area contributed by atoms with Crippen LogP contribution in [0.2, 0.25) is 0 Å². The van der Waals surface area contributed by atoms with Crippen molar-refractivity contribution in [1.29, 1.82) is 0 Å². The molecule has 2 rings (SSSR count). The smallest absolute Gasteiger partial charge is 0.254 e. The van der Waals surface area contributed by atoms with Gasteiger partial charge >= 0.3 is 0 Å². The standard InChI is InChI=1S/C17H27N3O4S.ClH/c1-5-20(6-2)25(22,23)14-9-12(3)13(4)15(10-14)19-17(21)16-11-18-7-8-24-16;/h9-10,16,18H,5-8,11H2,1-4H3,(H,19,21);1H/t16-;/m1./s1. The molecule has 1 aromatic carbocycles. The van der Waals surface area contributed by atoms with Crippen LogP contribution in [-0.4, -0.2) is 57.5 Å². The molecule has 1 amide bonds.